The summed E-state index contributed by atoms with van der Waals surface area (Å²) >= 11 is 4.89. The van der Waals surface area contributed by atoms with Crippen molar-refractivity contribution < 1.29 is 12.8 Å². The predicted octanol–water partition coefficient (Wildman–Crippen LogP) is 3.17. The highest BCUT2D eigenvalue weighted by Gasteiger charge is 2.17. The van der Waals surface area contributed by atoms with Crippen LogP contribution in [0.5, 0.6) is 0 Å². The van der Waals surface area contributed by atoms with E-state index in [9.17, 15) is 12.8 Å². The highest BCUT2D eigenvalue weighted by molar-refractivity contribution is 9.11. The molecule has 19 heavy (non-hydrogen) atoms. The van der Waals surface area contributed by atoms with Crippen molar-refractivity contribution in [1.29, 1.82) is 0 Å². The van der Waals surface area contributed by atoms with E-state index in [0.29, 0.717) is 6.42 Å². The predicted molar refractivity (Wildman–Crippen MR) is 77.3 cm³/mol. The van der Waals surface area contributed by atoms with E-state index in [1.54, 1.807) is 11.3 Å². The second-order valence-electron chi connectivity index (χ2n) is 3.78. The molecule has 0 saturated carbocycles. The second kappa shape index (κ2) is 6.13. The molecule has 0 atom stereocenters. The average Bonchev–Trinajstić information content (AvgIpc) is 2.75. The molecule has 0 saturated heterocycles. The van der Waals surface area contributed by atoms with Crippen molar-refractivity contribution in [3.63, 3.8) is 0 Å². The van der Waals surface area contributed by atoms with Gasteiger partial charge in [0, 0.05) is 11.4 Å². The van der Waals surface area contributed by atoms with Crippen LogP contribution in [-0.4, -0.2) is 15.0 Å². The average molecular weight is 364 g/mol. The third-order valence-corrected chi connectivity index (χ3v) is 5.60. The Morgan fingerprint density at radius 1 is 1.21 bits per heavy atom. The molecule has 0 aliphatic rings. The maximum Gasteiger partial charge on any atom is 0.243 e. The van der Waals surface area contributed by atoms with Crippen LogP contribution in [0, 0.1) is 5.82 Å². The molecule has 0 radical (unpaired) electrons. The number of thiophene rings is 1. The van der Waals surface area contributed by atoms with Crippen molar-refractivity contribution in [2.24, 2.45) is 0 Å². The molecule has 0 aliphatic carbocycles. The maximum absolute atomic E-state index is 13.4. The first-order valence-electron chi connectivity index (χ1n) is 5.47. The van der Waals surface area contributed by atoms with Gasteiger partial charge in [-0.15, -0.1) is 11.3 Å². The summed E-state index contributed by atoms with van der Waals surface area (Å²) in [7, 11) is -3.79. The van der Waals surface area contributed by atoms with Crippen molar-refractivity contribution in [2.45, 2.75) is 11.3 Å². The lowest BCUT2D eigenvalue weighted by Crippen LogP contribution is -2.26. The lowest BCUT2D eigenvalue weighted by Gasteiger charge is -2.06. The van der Waals surface area contributed by atoms with Gasteiger partial charge in [-0.05, 0) is 46.6 Å². The molecule has 1 heterocycles. The molecule has 0 fully saturated rings. The SMILES string of the molecule is O=S(=O)(NCCc1ccc(Br)s1)c1ccccc1F. The van der Waals surface area contributed by atoms with Gasteiger partial charge in [-0.1, -0.05) is 12.1 Å². The van der Waals surface area contributed by atoms with Crippen LogP contribution in [0.1, 0.15) is 4.88 Å². The minimum Gasteiger partial charge on any atom is -0.211 e. The molecule has 1 aromatic carbocycles. The number of hydrogen-bond donors (Lipinski definition) is 1. The Bertz CT molecular complexity index is 670. The van der Waals surface area contributed by atoms with Crippen molar-refractivity contribution in [1.82, 2.24) is 4.72 Å². The smallest absolute Gasteiger partial charge is 0.211 e. The Hall–Kier alpha value is -0.760. The molecule has 102 valence electrons. The van der Waals surface area contributed by atoms with E-state index in [-0.39, 0.29) is 11.4 Å². The molecule has 0 bridgehead atoms. The lowest BCUT2D eigenvalue weighted by atomic mass is 10.3. The molecule has 0 amide bonds. The Kier molecular flexibility index (Phi) is 4.72. The summed E-state index contributed by atoms with van der Waals surface area (Å²) in [4.78, 5) is 0.741. The molecule has 2 aromatic rings. The summed E-state index contributed by atoms with van der Waals surface area (Å²) in [6, 6.07) is 9.16. The van der Waals surface area contributed by atoms with Crippen LogP contribution in [0.4, 0.5) is 4.39 Å². The highest BCUT2D eigenvalue weighted by Crippen LogP contribution is 2.22. The fraction of sp³-hybridized carbons (Fsp3) is 0.167. The first-order valence-corrected chi connectivity index (χ1v) is 8.57. The van der Waals surface area contributed by atoms with E-state index in [2.05, 4.69) is 20.7 Å². The zero-order valence-electron chi connectivity index (χ0n) is 9.77. The van der Waals surface area contributed by atoms with Crippen LogP contribution in [0.3, 0.4) is 0 Å². The first-order chi connectivity index (χ1) is 8.99. The molecule has 0 spiro atoms. The van der Waals surface area contributed by atoms with E-state index in [1.807, 2.05) is 12.1 Å². The monoisotopic (exact) mass is 363 g/mol. The second-order valence-corrected chi connectivity index (χ2v) is 8.07. The summed E-state index contributed by atoms with van der Waals surface area (Å²) < 4.78 is 40.6. The maximum atomic E-state index is 13.4. The van der Waals surface area contributed by atoms with Crippen molar-refractivity contribution in [3.8, 4) is 0 Å². The van der Waals surface area contributed by atoms with Crippen LogP contribution in [0.2, 0.25) is 0 Å². The van der Waals surface area contributed by atoms with Gasteiger partial charge in [0.25, 0.3) is 0 Å². The van der Waals surface area contributed by atoms with Gasteiger partial charge in [0.1, 0.15) is 10.7 Å². The first kappa shape index (κ1) is 14.6. The number of hydrogen-bond acceptors (Lipinski definition) is 3. The normalized spacial score (nSPS) is 11.7. The molecule has 1 N–H and O–H groups in total. The topological polar surface area (TPSA) is 46.2 Å². The summed E-state index contributed by atoms with van der Waals surface area (Å²) in [5, 5.41) is 0. The van der Waals surface area contributed by atoms with Crippen LogP contribution in [0.15, 0.2) is 45.1 Å². The van der Waals surface area contributed by atoms with E-state index in [0.717, 1.165) is 14.7 Å². The van der Waals surface area contributed by atoms with Gasteiger partial charge in [0.15, 0.2) is 0 Å². The van der Waals surface area contributed by atoms with E-state index in [4.69, 9.17) is 0 Å². The summed E-state index contributed by atoms with van der Waals surface area (Å²) in [6.45, 7) is 0.240. The molecule has 3 nitrogen and oxygen atoms in total. The van der Waals surface area contributed by atoms with Crippen molar-refractivity contribution in [3.05, 3.63) is 50.9 Å². The standard InChI is InChI=1S/C12H11BrFNO2S2/c13-12-6-5-9(18-12)7-8-15-19(16,17)11-4-2-1-3-10(11)14/h1-6,15H,7-8H2. The zero-order chi connectivity index (χ0) is 13.9. The Balaban J connectivity index is 2.01. The van der Waals surface area contributed by atoms with Crippen molar-refractivity contribution >= 4 is 37.3 Å². The quantitative estimate of drug-likeness (QED) is 0.886. The third kappa shape index (κ3) is 3.85. The van der Waals surface area contributed by atoms with Gasteiger partial charge in [-0.3, -0.25) is 0 Å². The van der Waals surface area contributed by atoms with Crippen LogP contribution >= 0.6 is 27.3 Å². The fourth-order valence-electron chi connectivity index (χ4n) is 1.54. The number of halogens is 2. The lowest BCUT2D eigenvalue weighted by molar-refractivity contribution is 0.557. The molecular formula is C12H11BrFNO2S2. The van der Waals surface area contributed by atoms with Crippen molar-refractivity contribution in [2.75, 3.05) is 6.54 Å². The minimum atomic E-state index is -3.79. The summed E-state index contributed by atoms with van der Waals surface area (Å²) in [5.74, 6) is -0.742. The molecular weight excluding hydrogens is 353 g/mol. The highest BCUT2D eigenvalue weighted by atomic mass is 79.9. The van der Waals surface area contributed by atoms with E-state index in [1.165, 1.54) is 18.2 Å². The molecule has 0 aliphatic heterocycles. The van der Waals surface area contributed by atoms with Gasteiger partial charge < -0.3 is 0 Å². The van der Waals surface area contributed by atoms with Gasteiger partial charge in [-0.25, -0.2) is 17.5 Å². The fourth-order valence-corrected chi connectivity index (χ4v) is 4.13. The number of rotatable bonds is 5. The number of sulfonamides is 1. The van der Waals surface area contributed by atoms with Crippen LogP contribution in [-0.2, 0) is 16.4 Å². The third-order valence-electron chi connectivity index (χ3n) is 2.42. The van der Waals surface area contributed by atoms with Gasteiger partial charge in [-0.2, -0.15) is 0 Å². The van der Waals surface area contributed by atoms with Gasteiger partial charge >= 0.3 is 0 Å². The molecule has 2 rings (SSSR count). The summed E-state index contributed by atoms with van der Waals surface area (Å²) in [5.41, 5.74) is 0. The molecule has 7 heteroatoms. The van der Waals surface area contributed by atoms with Gasteiger partial charge in [0.2, 0.25) is 10.0 Å². The molecule has 0 unspecified atom stereocenters. The summed E-state index contributed by atoms with van der Waals surface area (Å²) in [6.07, 6.45) is 0.573. The zero-order valence-corrected chi connectivity index (χ0v) is 13.0. The van der Waals surface area contributed by atoms with Crippen LogP contribution < -0.4 is 4.72 Å². The van der Waals surface area contributed by atoms with E-state index >= 15 is 0 Å². The minimum absolute atomic E-state index is 0.240. The van der Waals surface area contributed by atoms with Crippen LogP contribution in [0.25, 0.3) is 0 Å². The Labute approximate surface area is 123 Å². The van der Waals surface area contributed by atoms with E-state index < -0.39 is 15.8 Å². The molecule has 1 aromatic heterocycles. The number of benzene rings is 1. The largest absolute Gasteiger partial charge is 0.243 e. The Morgan fingerprint density at radius 2 is 1.95 bits per heavy atom. The Morgan fingerprint density at radius 3 is 2.58 bits per heavy atom. The number of nitrogens with one attached hydrogen (secondary N) is 1. The van der Waals surface area contributed by atoms with Gasteiger partial charge in [0.05, 0.1) is 3.79 Å².